The van der Waals surface area contributed by atoms with Crippen molar-refractivity contribution in [1.82, 2.24) is 4.68 Å². The van der Waals surface area contributed by atoms with Gasteiger partial charge in [0.2, 0.25) is 0 Å². The minimum absolute atomic E-state index is 0. The highest BCUT2D eigenvalue weighted by Gasteiger charge is 2.16. The number of rotatable bonds is 4. The van der Waals surface area contributed by atoms with Crippen LogP contribution >= 0.6 is 0 Å². The first-order chi connectivity index (χ1) is 7.54. The minimum Gasteiger partial charge on any atom is -1.00 e. The van der Waals surface area contributed by atoms with Gasteiger partial charge in [0.15, 0.2) is 6.20 Å². The van der Waals surface area contributed by atoms with Gasteiger partial charge in [0.1, 0.15) is 6.20 Å². The maximum atomic E-state index is 11.7. The summed E-state index contributed by atoms with van der Waals surface area (Å²) in [5.74, 6) is -0.513. The topological polar surface area (TPSA) is 55.4 Å². The van der Waals surface area contributed by atoms with Crippen LogP contribution in [0.1, 0.15) is 12.8 Å². The molecule has 96 valence electrons. The van der Waals surface area contributed by atoms with Crippen molar-refractivity contribution < 1.29 is 42.9 Å². The van der Waals surface area contributed by atoms with Gasteiger partial charge >= 0.3 is 5.97 Å². The number of aryl methyl sites for hydroxylation is 1. The largest absolute Gasteiger partial charge is 1.00 e. The van der Waals surface area contributed by atoms with Gasteiger partial charge in [-0.05, 0) is 0 Å². The number of nitrogens with zero attached hydrogens (tertiary/aromatic N) is 3. The Bertz CT molecular complexity index is 392. The average Bonchev–Trinajstić information content (AvgIpc) is 2.71. The zero-order valence-electron chi connectivity index (χ0n) is 10.1. The number of amides is 1. The third-order valence-electron chi connectivity index (χ3n) is 2.23. The van der Waals surface area contributed by atoms with Crippen LogP contribution in [-0.4, -0.2) is 30.7 Å². The monoisotopic (exact) mass is 353 g/mol. The lowest BCUT2D eigenvalue weighted by atomic mass is 10.3. The predicted molar refractivity (Wildman–Crippen MR) is 56.0 cm³/mol. The summed E-state index contributed by atoms with van der Waals surface area (Å²) in [5.41, 5.74) is 0. The van der Waals surface area contributed by atoms with Crippen molar-refractivity contribution in [3.8, 4) is 0 Å². The number of methoxy groups -OCH3 is 1. The first-order valence-electron chi connectivity index (χ1n) is 4.91. The summed E-state index contributed by atoms with van der Waals surface area (Å²) in [4.78, 5) is 22.5. The molecule has 0 aliphatic carbocycles. The molecule has 0 radical (unpaired) electrons. The van der Waals surface area contributed by atoms with E-state index < -0.39 is 0 Å². The van der Waals surface area contributed by atoms with Crippen LogP contribution in [0.25, 0.3) is 0 Å². The van der Waals surface area contributed by atoms with Gasteiger partial charge in [-0.25, -0.2) is 4.57 Å². The van der Waals surface area contributed by atoms with Crippen molar-refractivity contribution in [3.63, 3.8) is 0 Å². The van der Waals surface area contributed by atoms with E-state index in [1.54, 1.807) is 24.2 Å². The lowest BCUT2D eigenvalue weighted by Gasteiger charge is -2.11. The van der Waals surface area contributed by atoms with E-state index in [0.717, 1.165) is 0 Å². The van der Waals surface area contributed by atoms with E-state index in [2.05, 4.69) is 4.74 Å². The minimum atomic E-state index is -0.375. The van der Waals surface area contributed by atoms with Gasteiger partial charge in [0.05, 0.1) is 27.6 Å². The normalized spacial score (nSPS) is 9.35. The first-order valence-corrected chi connectivity index (χ1v) is 4.91. The van der Waals surface area contributed by atoms with Crippen LogP contribution in [-0.2, 0) is 21.4 Å². The Morgan fingerprint density at radius 3 is 2.53 bits per heavy atom. The number of ether oxygens (including phenoxy) is 1. The molecular weight excluding hydrogens is 337 g/mol. The van der Waals surface area contributed by atoms with Crippen molar-refractivity contribution in [2.45, 2.75) is 12.8 Å². The molecule has 0 aliphatic rings. The maximum Gasteiger partial charge on any atom is 0.306 e. The highest BCUT2D eigenvalue weighted by molar-refractivity contribution is 5.88. The molecule has 0 N–H and O–H groups in total. The second-order valence-electron chi connectivity index (χ2n) is 3.45. The molecule has 0 spiro atoms. The standard InChI is InChI=1S/C10H16N3O3.HI/c1-11-6-7-13(8-11)12(2)9(14)4-5-10(15)16-3;/h6-8H,4-5H2,1-3H3;1H/q+1;/p-1. The quantitative estimate of drug-likeness (QED) is 0.319. The Balaban J connectivity index is 0.00000256. The fourth-order valence-electron chi connectivity index (χ4n) is 1.22. The zero-order chi connectivity index (χ0) is 12.1. The molecule has 7 heteroatoms. The molecule has 0 bridgehead atoms. The molecule has 0 aromatic carbocycles. The Morgan fingerprint density at radius 2 is 2.06 bits per heavy atom. The van der Waals surface area contributed by atoms with Crippen LogP contribution in [0.5, 0.6) is 0 Å². The van der Waals surface area contributed by atoms with Crippen LogP contribution in [0.3, 0.4) is 0 Å². The van der Waals surface area contributed by atoms with Crippen molar-refractivity contribution in [2.75, 3.05) is 19.2 Å². The van der Waals surface area contributed by atoms with E-state index in [1.165, 1.54) is 12.1 Å². The molecule has 1 aromatic heterocycles. The predicted octanol–water partition coefficient (Wildman–Crippen LogP) is -3.64. The van der Waals surface area contributed by atoms with E-state index >= 15 is 0 Å². The van der Waals surface area contributed by atoms with Crippen LogP contribution in [0.15, 0.2) is 18.7 Å². The maximum absolute atomic E-state index is 11.7. The Labute approximate surface area is 117 Å². The fraction of sp³-hybridized carbons (Fsp3) is 0.500. The third kappa shape index (κ3) is 4.72. The summed E-state index contributed by atoms with van der Waals surface area (Å²) in [6, 6.07) is 0. The van der Waals surface area contributed by atoms with Crippen LogP contribution < -0.4 is 33.6 Å². The molecule has 0 saturated heterocycles. The number of carbonyl (C=O) groups is 2. The van der Waals surface area contributed by atoms with Crippen LogP contribution in [0.4, 0.5) is 0 Å². The highest BCUT2D eigenvalue weighted by atomic mass is 127. The number of halogens is 1. The SMILES string of the molecule is COC(=O)CCC(=O)N(C)n1cc[n+](C)c1.[I-]. The number of esters is 1. The molecule has 1 heterocycles. The Kier molecular flexibility index (Phi) is 6.78. The number of imidazole rings is 1. The Hall–Kier alpha value is -1.12. The zero-order valence-corrected chi connectivity index (χ0v) is 12.2. The van der Waals surface area contributed by atoms with E-state index in [-0.39, 0.29) is 48.7 Å². The molecule has 17 heavy (non-hydrogen) atoms. The van der Waals surface area contributed by atoms with E-state index in [4.69, 9.17) is 0 Å². The number of hydrogen-bond donors (Lipinski definition) is 0. The third-order valence-corrected chi connectivity index (χ3v) is 2.23. The number of carbonyl (C=O) groups excluding carboxylic acids is 2. The first kappa shape index (κ1) is 15.9. The second-order valence-corrected chi connectivity index (χ2v) is 3.45. The summed E-state index contributed by atoms with van der Waals surface area (Å²) in [5, 5.41) is 1.45. The molecular formula is C10H16IN3O3. The second kappa shape index (κ2) is 7.25. The molecule has 0 unspecified atom stereocenters. The van der Waals surface area contributed by atoms with Gasteiger partial charge in [-0.1, -0.05) is 0 Å². The molecule has 6 nitrogen and oxygen atoms in total. The van der Waals surface area contributed by atoms with Crippen LogP contribution in [0.2, 0.25) is 0 Å². The molecule has 1 aromatic rings. The molecule has 0 saturated carbocycles. The summed E-state index contributed by atoms with van der Waals surface area (Å²) in [7, 11) is 4.82. The van der Waals surface area contributed by atoms with E-state index in [1.807, 2.05) is 17.8 Å². The molecule has 0 fully saturated rings. The smallest absolute Gasteiger partial charge is 0.306 e. The average molecular weight is 353 g/mol. The summed E-state index contributed by atoms with van der Waals surface area (Å²) < 4.78 is 7.95. The van der Waals surface area contributed by atoms with Gasteiger partial charge in [-0.2, -0.15) is 5.01 Å². The molecule has 0 atom stereocenters. The fourth-order valence-corrected chi connectivity index (χ4v) is 1.22. The summed E-state index contributed by atoms with van der Waals surface area (Å²) in [6.45, 7) is 0. The summed E-state index contributed by atoms with van der Waals surface area (Å²) >= 11 is 0. The van der Waals surface area contributed by atoms with Gasteiger partial charge in [-0.3, -0.25) is 9.59 Å². The van der Waals surface area contributed by atoms with Crippen LogP contribution in [0, 0.1) is 0 Å². The van der Waals surface area contributed by atoms with Gasteiger partial charge in [0.25, 0.3) is 12.2 Å². The van der Waals surface area contributed by atoms with Crippen molar-refractivity contribution in [2.24, 2.45) is 7.05 Å². The van der Waals surface area contributed by atoms with Gasteiger partial charge < -0.3 is 28.7 Å². The van der Waals surface area contributed by atoms with Gasteiger partial charge in [0, 0.05) is 6.42 Å². The molecule has 1 rings (SSSR count). The highest BCUT2D eigenvalue weighted by Crippen LogP contribution is 1.97. The number of hydrogen-bond acceptors (Lipinski definition) is 3. The molecule has 0 aliphatic heterocycles. The summed E-state index contributed by atoms with van der Waals surface area (Å²) in [6.07, 6.45) is 5.59. The van der Waals surface area contributed by atoms with E-state index in [9.17, 15) is 9.59 Å². The molecule has 1 amide bonds. The van der Waals surface area contributed by atoms with Crippen molar-refractivity contribution >= 4 is 11.9 Å². The van der Waals surface area contributed by atoms with Crippen molar-refractivity contribution in [3.05, 3.63) is 18.7 Å². The lowest BCUT2D eigenvalue weighted by molar-refractivity contribution is -0.671. The Morgan fingerprint density at radius 1 is 1.41 bits per heavy atom. The van der Waals surface area contributed by atoms with E-state index in [0.29, 0.717) is 0 Å². The van der Waals surface area contributed by atoms with Crippen molar-refractivity contribution in [1.29, 1.82) is 0 Å². The lowest BCUT2D eigenvalue weighted by Crippen LogP contribution is -3.00. The van der Waals surface area contributed by atoms with Gasteiger partial charge in [-0.15, -0.1) is 4.68 Å². The number of aromatic nitrogens is 2.